The maximum atomic E-state index is 11.8. The van der Waals surface area contributed by atoms with Gasteiger partial charge >= 0.3 is 5.97 Å². The molecule has 0 amide bonds. The van der Waals surface area contributed by atoms with Gasteiger partial charge in [-0.1, -0.05) is 0 Å². The Kier molecular flexibility index (Phi) is 5.90. The highest BCUT2D eigenvalue weighted by Gasteiger charge is 2.01. The van der Waals surface area contributed by atoms with Gasteiger partial charge < -0.3 is 9.47 Å². The molecule has 0 spiro atoms. The summed E-state index contributed by atoms with van der Waals surface area (Å²) in [4.78, 5) is 11.8. The van der Waals surface area contributed by atoms with Crippen molar-refractivity contribution in [2.75, 3.05) is 7.11 Å². The smallest absolute Gasteiger partial charge is 0.336 e. The summed E-state index contributed by atoms with van der Waals surface area (Å²) in [7, 11) is 1.61. The molecule has 1 heterocycles. The Morgan fingerprint density at radius 2 is 1.54 bits per heavy atom. The lowest BCUT2D eigenvalue weighted by Gasteiger charge is -2.01. The summed E-state index contributed by atoms with van der Waals surface area (Å²) >= 11 is 1.57. The van der Waals surface area contributed by atoms with Gasteiger partial charge in [0.15, 0.2) is 0 Å². The molecule has 0 aliphatic carbocycles. The summed E-state index contributed by atoms with van der Waals surface area (Å²) in [6.07, 6.45) is 3.12. The van der Waals surface area contributed by atoms with Crippen LogP contribution in [0.2, 0.25) is 0 Å². The zero-order valence-electron chi connectivity index (χ0n) is 14.0. The Morgan fingerprint density at radius 1 is 0.923 bits per heavy atom. The molecular weight excluding hydrogens is 348 g/mol. The minimum absolute atomic E-state index is 0.427. The molecule has 3 rings (SSSR count). The molecule has 0 atom stereocenters. The lowest BCUT2D eigenvalue weighted by atomic mass is 10.3. The lowest BCUT2D eigenvalue weighted by Crippen LogP contribution is -2.03. The summed E-state index contributed by atoms with van der Waals surface area (Å²) < 4.78 is 10.3. The highest BCUT2D eigenvalue weighted by atomic mass is 32.1. The third-order valence-electron chi connectivity index (χ3n) is 3.36. The molecule has 6 heteroatoms. The first-order valence-corrected chi connectivity index (χ1v) is 8.75. The van der Waals surface area contributed by atoms with Crippen molar-refractivity contribution in [3.8, 4) is 11.5 Å². The Hall–Kier alpha value is -3.25. The number of esters is 1. The van der Waals surface area contributed by atoms with Crippen LogP contribution in [0.1, 0.15) is 5.56 Å². The van der Waals surface area contributed by atoms with E-state index >= 15 is 0 Å². The Balaban J connectivity index is 1.57. The quantitative estimate of drug-likeness (QED) is 0.241. The van der Waals surface area contributed by atoms with Crippen LogP contribution in [-0.4, -0.2) is 13.1 Å². The van der Waals surface area contributed by atoms with E-state index in [9.17, 15) is 4.79 Å². The van der Waals surface area contributed by atoms with Crippen LogP contribution in [0.4, 0.5) is 11.4 Å². The summed E-state index contributed by atoms with van der Waals surface area (Å²) in [6.45, 7) is 0. The zero-order valence-corrected chi connectivity index (χ0v) is 14.8. The van der Waals surface area contributed by atoms with Gasteiger partial charge in [-0.05, 0) is 77.0 Å². The minimum Gasteiger partial charge on any atom is -0.497 e. The van der Waals surface area contributed by atoms with Crippen molar-refractivity contribution < 1.29 is 14.3 Å². The average molecular weight is 364 g/mol. The van der Waals surface area contributed by atoms with Crippen LogP contribution in [0.3, 0.4) is 0 Å². The van der Waals surface area contributed by atoms with Crippen molar-refractivity contribution in [3.05, 3.63) is 77.0 Å². The van der Waals surface area contributed by atoms with Crippen molar-refractivity contribution in [1.29, 1.82) is 0 Å². The maximum Gasteiger partial charge on any atom is 0.336 e. The highest BCUT2D eigenvalue weighted by Crippen LogP contribution is 2.23. The fourth-order valence-electron chi connectivity index (χ4n) is 2.03. The SMILES string of the molecule is COc1ccc(N=Nc2ccc(OC(=O)/C=C/c3ccsc3)cc2)cc1. The van der Waals surface area contributed by atoms with Gasteiger partial charge in [-0.3, -0.25) is 0 Å². The largest absolute Gasteiger partial charge is 0.497 e. The molecule has 0 radical (unpaired) electrons. The van der Waals surface area contributed by atoms with Gasteiger partial charge in [0.25, 0.3) is 0 Å². The van der Waals surface area contributed by atoms with Gasteiger partial charge in [0.2, 0.25) is 0 Å². The average Bonchev–Trinajstić information content (AvgIpc) is 3.20. The number of benzene rings is 2. The number of nitrogens with zero attached hydrogens (tertiary/aromatic N) is 2. The molecule has 3 aromatic rings. The first kappa shape index (κ1) is 17.6. The lowest BCUT2D eigenvalue weighted by molar-refractivity contribution is -0.128. The Bertz CT molecular complexity index is 899. The van der Waals surface area contributed by atoms with E-state index in [1.165, 1.54) is 6.08 Å². The molecule has 0 N–H and O–H groups in total. The number of hydrogen-bond donors (Lipinski definition) is 0. The number of hydrogen-bond acceptors (Lipinski definition) is 6. The molecule has 0 aliphatic rings. The molecule has 0 unspecified atom stereocenters. The number of methoxy groups -OCH3 is 1. The monoisotopic (exact) mass is 364 g/mol. The second-order valence-electron chi connectivity index (χ2n) is 5.20. The van der Waals surface area contributed by atoms with Crippen molar-refractivity contribution >= 4 is 34.8 Å². The zero-order chi connectivity index (χ0) is 18.2. The molecule has 0 bridgehead atoms. The highest BCUT2D eigenvalue weighted by molar-refractivity contribution is 7.08. The number of rotatable bonds is 6. The van der Waals surface area contributed by atoms with Crippen LogP contribution < -0.4 is 9.47 Å². The fraction of sp³-hybridized carbons (Fsp3) is 0.0500. The maximum absolute atomic E-state index is 11.8. The number of ether oxygens (including phenoxy) is 2. The van der Waals surface area contributed by atoms with Crippen molar-refractivity contribution in [2.24, 2.45) is 10.2 Å². The van der Waals surface area contributed by atoms with Gasteiger partial charge in [0, 0.05) is 6.08 Å². The predicted molar refractivity (Wildman–Crippen MR) is 103 cm³/mol. The van der Waals surface area contributed by atoms with Crippen molar-refractivity contribution in [3.63, 3.8) is 0 Å². The van der Waals surface area contributed by atoms with Crippen LogP contribution >= 0.6 is 11.3 Å². The third kappa shape index (κ3) is 5.12. The van der Waals surface area contributed by atoms with E-state index in [4.69, 9.17) is 9.47 Å². The van der Waals surface area contributed by atoms with Gasteiger partial charge in [0.05, 0.1) is 18.5 Å². The summed E-state index contributed by atoms with van der Waals surface area (Å²) in [5.41, 5.74) is 2.36. The van der Waals surface area contributed by atoms with Crippen LogP contribution in [0.25, 0.3) is 6.08 Å². The third-order valence-corrected chi connectivity index (χ3v) is 4.07. The molecule has 130 valence electrons. The molecule has 2 aromatic carbocycles. The fourth-order valence-corrected chi connectivity index (χ4v) is 2.66. The molecule has 26 heavy (non-hydrogen) atoms. The standard InChI is InChI=1S/C20H16N2O3S/c1-24-18-7-3-16(4-8-18)21-22-17-5-9-19(10-6-17)25-20(23)11-2-15-12-13-26-14-15/h2-14H,1H3/b11-2+,22-21?. The molecule has 0 saturated heterocycles. The summed E-state index contributed by atoms with van der Waals surface area (Å²) in [5.74, 6) is 0.792. The first-order valence-electron chi connectivity index (χ1n) is 7.81. The van der Waals surface area contributed by atoms with Crippen LogP contribution in [0.5, 0.6) is 11.5 Å². The van der Waals surface area contributed by atoms with E-state index in [2.05, 4.69) is 10.2 Å². The molecule has 1 aromatic heterocycles. The van der Waals surface area contributed by atoms with Gasteiger partial charge in [-0.2, -0.15) is 21.6 Å². The van der Waals surface area contributed by atoms with Gasteiger partial charge in [-0.25, -0.2) is 4.79 Å². The molecule has 0 aliphatic heterocycles. The van der Waals surface area contributed by atoms with Gasteiger partial charge in [0.1, 0.15) is 11.5 Å². The number of carbonyl (C=O) groups is 1. The van der Waals surface area contributed by atoms with Crippen LogP contribution in [0, 0.1) is 0 Å². The Labute approximate surface area is 155 Å². The summed E-state index contributed by atoms with van der Waals surface area (Å²) in [5, 5.41) is 12.2. The van der Waals surface area contributed by atoms with E-state index in [1.54, 1.807) is 48.8 Å². The summed E-state index contributed by atoms with van der Waals surface area (Å²) in [6, 6.07) is 16.0. The number of carbonyl (C=O) groups excluding carboxylic acids is 1. The molecule has 5 nitrogen and oxygen atoms in total. The number of azo groups is 1. The van der Waals surface area contributed by atoms with Gasteiger partial charge in [-0.15, -0.1) is 0 Å². The van der Waals surface area contributed by atoms with E-state index in [0.717, 1.165) is 17.0 Å². The normalized spacial score (nSPS) is 11.1. The van der Waals surface area contributed by atoms with Crippen molar-refractivity contribution in [1.82, 2.24) is 0 Å². The molecular formula is C20H16N2O3S. The molecule has 0 fully saturated rings. The Morgan fingerprint density at radius 3 is 2.08 bits per heavy atom. The van der Waals surface area contributed by atoms with E-state index in [1.807, 2.05) is 41.1 Å². The topological polar surface area (TPSA) is 60.3 Å². The van der Waals surface area contributed by atoms with E-state index in [0.29, 0.717) is 11.4 Å². The molecule has 0 saturated carbocycles. The van der Waals surface area contributed by atoms with Crippen LogP contribution in [-0.2, 0) is 4.79 Å². The number of thiophene rings is 1. The van der Waals surface area contributed by atoms with E-state index < -0.39 is 5.97 Å². The van der Waals surface area contributed by atoms with Crippen LogP contribution in [0.15, 0.2) is 81.7 Å². The second kappa shape index (κ2) is 8.73. The second-order valence-corrected chi connectivity index (χ2v) is 5.98. The van der Waals surface area contributed by atoms with E-state index in [-0.39, 0.29) is 0 Å². The van der Waals surface area contributed by atoms with Crippen molar-refractivity contribution in [2.45, 2.75) is 0 Å². The predicted octanol–water partition coefficient (Wildman–Crippen LogP) is 5.79. The minimum atomic E-state index is -0.427. The first-order chi connectivity index (χ1) is 12.7.